The first kappa shape index (κ1) is 28.8. The van der Waals surface area contributed by atoms with Gasteiger partial charge >= 0.3 is 15.6 Å². The van der Waals surface area contributed by atoms with Gasteiger partial charge in [0.25, 0.3) is 0 Å². The molecule has 12 nitrogen and oxygen atoms in total. The Balaban J connectivity index is -0.000000361. The molecule has 0 aromatic heterocycles. The molecule has 0 saturated carbocycles. The van der Waals surface area contributed by atoms with Gasteiger partial charge in [-0.3, -0.25) is 0 Å². The number of hydrogen-bond donors (Lipinski definition) is 10. The molecule has 0 saturated heterocycles. The molecule has 12 N–H and O–H groups in total. The molecule has 0 rings (SSSR count). The standard InChI is InChI=1S/C10H26N4.2H3O4P/c11-5-3-9-13-7-1-2-8-14-10-4-6-12;2*1-5(2,3)4/h13-14H,1-12H2;2*(H3,1,2,3,4). The minimum atomic E-state index is -4.64. The van der Waals surface area contributed by atoms with Gasteiger partial charge in [0.15, 0.2) is 0 Å². The average molecular weight is 398 g/mol. The molecule has 0 aromatic rings. The number of nitrogens with two attached hydrogens (primary N) is 2. The molecule has 24 heavy (non-hydrogen) atoms. The number of rotatable bonds is 11. The Bertz CT molecular complexity index is 290. The molecule has 0 aromatic carbocycles. The van der Waals surface area contributed by atoms with Crippen LogP contribution < -0.4 is 22.1 Å². The maximum Gasteiger partial charge on any atom is 0.466 e. The molecule has 0 heterocycles. The van der Waals surface area contributed by atoms with Crippen LogP contribution in [0, 0.1) is 0 Å². The minimum Gasteiger partial charge on any atom is -0.330 e. The van der Waals surface area contributed by atoms with E-state index in [1.807, 2.05) is 0 Å². The van der Waals surface area contributed by atoms with Crippen LogP contribution >= 0.6 is 15.6 Å². The van der Waals surface area contributed by atoms with Gasteiger partial charge in [0.1, 0.15) is 0 Å². The third kappa shape index (κ3) is 80.0. The summed E-state index contributed by atoms with van der Waals surface area (Å²) in [6.07, 6.45) is 4.63. The molecule has 0 amide bonds. The highest BCUT2D eigenvalue weighted by Crippen LogP contribution is 2.26. The zero-order chi connectivity index (χ0) is 19.5. The molecular formula is C10H32N4O8P2. The van der Waals surface area contributed by atoms with E-state index in [9.17, 15) is 0 Å². The van der Waals surface area contributed by atoms with Crippen molar-refractivity contribution in [3.8, 4) is 0 Å². The van der Waals surface area contributed by atoms with E-state index in [0.717, 1.165) is 52.1 Å². The van der Waals surface area contributed by atoms with Gasteiger partial charge in [0, 0.05) is 0 Å². The summed E-state index contributed by atoms with van der Waals surface area (Å²) >= 11 is 0. The van der Waals surface area contributed by atoms with Crippen molar-refractivity contribution in [2.24, 2.45) is 11.5 Å². The predicted molar refractivity (Wildman–Crippen MR) is 90.8 cm³/mol. The van der Waals surface area contributed by atoms with Crippen LogP contribution in [0.2, 0.25) is 0 Å². The second-order valence-electron chi connectivity index (χ2n) is 4.52. The van der Waals surface area contributed by atoms with Gasteiger partial charge < -0.3 is 51.5 Å². The molecule has 0 bridgehead atoms. The zero-order valence-corrected chi connectivity index (χ0v) is 15.4. The normalized spacial score (nSPS) is 11.2. The van der Waals surface area contributed by atoms with Gasteiger partial charge in [-0.1, -0.05) is 0 Å². The fourth-order valence-electron chi connectivity index (χ4n) is 1.20. The van der Waals surface area contributed by atoms with Gasteiger partial charge in [-0.2, -0.15) is 0 Å². The van der Waals surface area contributed by atoms with Crippen LogP contribution in [0.1, 0.15) is 25.7 Å². The molecule has 0 radical (unpaired) electrons. The molecule has 150 valence electrons. The van der Waals surface area contributed by atoms with Crippen LogP contribution in [-0.2, 0) is 9.13 Å². The van der Waals surface area contributed by atoms with Crippen molar-refractivity contribution >= 4 is 15.6 Å². The summed E-state index contributed by atoms with van der Waals surface area (Å²) in [6, 6.07) is 0. The maximum absolute atomic E-state index is 8.88. The molecule has 0 spiro atoms. The number of unbranched alkanes of at least 4 members (excludes halogenated alkanes) is 1. The molecule has 14 heteroatoms. The Labute approximate surface area is 142 Å². The predicted octanol–water partition coefficient (Wildman–Crippen LogP) is -2.21. The van der Waals surface area contributed by atoms with Crippen LogP contribution in [0.5, 0.6) is 0 Å². The first-order chi connectivity index (χ1) is 10.9. The Morgan fingerprint density at radius 1 is 0.583 bits per heavy atom. The van der Waals surface area contributed by atoms with Gasteiger partial charge in [0.2, 0.25) is 0 Å². The first-order valence-corrected chi connectivity index (χ1v) is 10.4. The van der Waals surface area contributed by atoms with Crippen LogP contribution in [0.4, 0.5) is 0 Å². The minimum absolute atomic E-state index is 0.785. The molecule has 0 atom stereocenters. The Kier molecular flexibility index (Phi) is 23.3. The maximum atomic E-state index is 8.88. The van der Waals surface area contributed by atoms with E-state index < -0.39 is 15.6 Å². The lowest BCUT2D eigenvalue weighted by Gasteiger charge is -2.04. The van der Waals surface area contributed by atoms with Crippen molar-refractivity contribution in [3.05, 3.63) is 0 Å². The third-order valence-corrected chi connectivity index (χ3v) is 2.07. The lowest BCUT2D eigenvalue weighted by atomic mass is 10.3. The lowest BCUT2D eigenvalue weighted by molar-refractivity contribution is 0.272. The second-order valence-corrected chi connectivity index (χ2v) is 6.57. The summed E-state index contributed by atoms with van der Waals surface area (Å²) in [5.41, 5.74) is 10.8. The fourth-order valence-corrected chi connectivity index (χ4v) is 1.20. The van der Waals surface area contributed by atoms with Gasteiger partial charge in [0.05, 0.1) is 0 Å². The van der Waals surface area contributed by atoms with Crippen molar-refractivity contribution in [2.45, 2.75) is 25.7 Å². The Morgan fingerprint density at radius 3 is 1.00 bits per heavy atom. The zero-order valence-electron chi connectivity index (χ0n) is 13.6. The van der Waals surface area contributed by atoms with E-state index in [4.69, 9.17) is 50.0 Å². The highest BCUT2D eigenvalue weighted by atomic mass is 31.2. The highest BCUT2D eigenvalue weighted by Gasteiger charge is 2.00. The van der Waals surface area contributed by atoms with Gasteiger partial charge in [-0.25, -0.2) is 9.13 Å². The molecule has 0 aliphatic heterocycles. The van der Waals surface area contributed by atoms with Crippen molar-refractivity contribution in [1.29, 1.82) is 0 Å². The van der Waals surface area contributed by atoms with E-state index in [1.165, 1.54) is 12.8 Å². The molecule has 0 fully saturated rings. The highest BCUT2D eigenvalue weighted by molar-refractivity contribution is 7.45. The van der Waals surface area contributed by atoms with Crippen molar-refractivity contribution < 1.29 is 38.5 Å². The third-order valence-electron chi connectivity index (χ3n) is 2.07. The number of hydrogen-bond acceptors (Lipinski definition) is 6. The van der Waals surface area contributed by atoms with Crippen molar-refractivity contribution in [1.82, 2.24) is 10.6 Å². The molecule has 0 unspecified atom stereocenters. The van der Waals surface area contributed by atoms with Crippen molar-refractivity contribution in [2.75, 3.05) is 39.3 Å². The van der Waals surface area contributed by atoms with E-state index in [1.54, 1.807) is 0 Å². The van der Waals surface area contributed by atoms with Crippen LogP contribution in [-0.4, -0.2) is 68.6 Å². The summed E-state index contributed by atoms with van der Waals surface area (Å²) in [5, 5.41) is 6.72. The van der Waals surface area contributed by atoms with Crippen molar-refractivity contribution in [3.63, 3.8) is 0 Å². The van der Waals surface area contributed by atoms with E-state index in [0.29, 0.717) is 0 Å². The number of phosphoric acid groups is 2. The van der Waals surface area contributed by atoms with E-state index in [2.05, 4.69) is 10.6 Å². The second kappa shape index (κ2) is 19.4. The van der Waals surface area contributed by atoms with E-state index in [-0.39, 0.29) is 0 Å². The SMILES string of the molecule is NCCCNCCCCNCCCN.O=P(O)(O)O.O=P(O)(O)O. The van der Waals surface area contributed by atoms with Gasteiger partial charge in [-0.15, -0.1) is 0 Å². The summed E-state index contributed by atoms with van der Waals surface area (Å²) in [5.74, 6) is 0. The first-order valence-electron chi connectivity index (χ1n) is 7.30. The van der Waals surface area contributed by atoms with Gasteiger partial charge in [-0.05, 0) is 65.0 Å². The molecular weight excluding hydrogens is 366 g/mol. The topological polar surface area (TPSA) is 232 Å². The summed E-state index contributed by atoms with van der Waals surface area (Å²) < 4.78 is 17.8. The van der Waals surface area contributed by atoms with Crippen LogP contribution in [0.15, 0.2) is 0 Å². The summed E-state index contributed by atoms with van der Waals surface area (Å²) in [7, 11) is -9.28. The smallest absolute Gasteiger partial charge is 0.330 e. The largest absolute Gasteiger partial charge is 0.466 e. The van der Waals surface area contributed by atoms with Crippen LogP contribution in [0.3, 0.4) is 0 Å². The Hall–Kier alpha value is 0.0600. The Morgan fingerprint density at radius 2 is 0.792 bits per heavy atom. The summed E-state index contributed by atoms with van der Waals surface area (Å²) in [4.78, 5) is 43.1. The van der Waals surface area contributed by atoms with Crippen LogP contribution in [0.25, 0.3) is 0 Å². The van der Waals surface area contributed by atoms with E-state index >= 15 is 0 Å². The molecule has 0 aliphatic rings. The average Bonchev–Trinajstić information content (AvgIpc) is 2.37. The summed E-state index contributed by atoms with van der Waals surface area (Å²) in [6.45, 7) is 5.90. The number of nitrogens with one attached hydrogen (secondary N) is 2. The lowest BCUT2D eigenvalue weighted by Crippen LogP contribution is -2.22. The molecule has 0 aliphatic carbocycles. The quantitative estimate of drug-likeness (QED) is 0.132. The fraction of sp³-hybridized carbons (Fsp3) is 1.00. The monoisotopic (exact) mass is 398 g/mol.